The third-order valence-electron chi connectivity index (χ3n) is 7.52. The molecule has 0 saturated heterocycles. The molecule has 0 unspecified atom stereocenters. The predicted octanol–water partition coefficient (Wildman–Crippen LogP) is 10.4. The highest BCUT2D eigenvalue weighted by molar-refractivity contribution is 7.66. The quantitative estimate of drug-likeness (QED) is 0.313. The van der Waals surface area contributed by atoms with Crippen LogP contribution in [-0.4, -0.2) is 12.3 Å². The van der Waals surface area contributed by atoms with Gasteiger partial charge in [-0.2, -0.15) is 0 Å². The van der Waals surface area contributed by atoms with Crippen LogP contribution in [0.1, 0.15) is 126 Å². The van der Waals surface area contributed by atoms with Gasteiger partial charge in [-0.15, -0.1) is 0 Å². The van der Waals surface area contributed by atoms with E-state index >= 15 is 0 Å². The minimum absolute atomic E-state index is 0.228. The minimum atomic E-state index is -0.228. The minimum Gasteiger partial charge on any atom is -0.0738 e. The third kappa shape index (κ3) is 6.16. The molecule has 0 saturated carbocycles. The van der Waals surface area contributed by atoms with Gasteiger partial charge >= 0.3 is 0 Å². The predicted molar refractivity (Wildman–Crippen MR) is 159 cm³/mol. The van der Waals surface area contributed by atoms with Crippen LogP contribution in [0.15, 0.2) is 12.1 Å². The van der Waals surface area contributed by atoms with E-state index in [1.165, 1.54) is 34.6 Å². The Labute approximate surface area is 214 Å². The standard InChI is InChI=1S/C33H53P/c1-19(2)17-34(18-20(3)4)33-27(14)25(12)24(11)26(13)31(33)32-29(22(7)8)15-28(21(5)6)16-30(32)23(9)10/h15-16,19-23H,17-18H2,1-14H3. The summed E-state index contributed by atoms with van der Waals surface area (Å²) in [5, 5.41) is 1.71. The second-order valence-corrected chi connectivity index (χ2v) is 14.7. The lowest BCUT2D eigenvalue weighted by Crippen LogP contribution is -2.22. The first-order chi connectivity index (χ1) is 15.7. The van der Waals surface area contributed by atoms with Crippen LogP contribution in [0.25, 0.3) is 11.1 Å². The van der Waals surface area contributed by atoms with Crippen molar-refractivity contribution in [3.05, 3.63) is 51.1 Å². The molecule has 0 amide bonds. The zero-order valence-electron chi connectivity index (χ0n) is 24.9. The molecule has 0 aliphatic carbocycles. The summed E-state index contributed by atoms with van der Waals surface area (Å²) in [5.41, 5.74) is 13.8. The van der Waals surface area contributed by atoms with Crippen LogP contribution in [0, 0.1) is 39.5 Å². The maximum atomic E-state index is 2.54. The van der Waals surface area contributed by atoms with Crippen molar-refractivity contribution in [2.24, 2.45) is 11.8 Å². The number of benzene rings is 2. The van der Waals surface area contributed by atoms with Crippen LogP contribution < -0.4 is 5.30 Å². The lowest BCUT2D eigenvalue weighted by Gasteiger charge is -2.33. The van der Waals surface area contributed by atoms with Gasteiger partial charge in [-0.3, -0.25) is 0 Å². The molecule has 0 spiro atoms. The molecule has 0 fully saturated rings. The van der Waals surface area contributed by atoms with Gasteiger partial charge < -0.3 is 0 Å². The van der Waals surface area contributed by atoms with Crippen molar-refractivity contribution in [3.63, 3.8) is 0 Å². The van der Waals surface area contributed by atoms with Crippen LogP contribution in [0.4, 0.5) is 0 Å². The van der Waals surface area contributed by atoms with E-state index in [0.29, 0.717) is 17.8 Å². The highest BCUT2D eigenvalue weighted by Crippen LogP contribution is 2.48. The molecule has 0 nitrogen and oxygen atoms in total. The van der Waals surface area contributed by atoms with Crippen LogP contribution >= 0.6 is 7.92 Å². The Hall–Kier alpha value is -1.13. The van der Waals surface area contributed by atoms with Crippen LogP contribution in [0.3, 0.4) is 0 Å². The van der Waals surface area contributed by atoms with Gasteiger partial charge in [0, 0.05) is 0 Å². The topological polar surface area (TPSA) is 0 Å². The lowest BCUT2D eigenvalue weighted by molar-refractivity contribution is 0.721. The van der Waals surface area contributed by atoms with Gasteiger partial charge in [-0.25, -0.2) is 0 Å². The molecule has 190 valence electrons. The monoisotopic (exact) mass is 480 g/mol. The molecule has 0 atom stereocenters. The fraction of sp³-hybridized carbons (Fsp3) is 0.636. The van der Waals surface area contributed by atoms with Crippen molar-refractivity contribution in [1.82, 2.24) is 0 Å². The first kappa shape index (κ1) is 29.1. The highest BCUT2D eigenvalue weighted by Gasteiger charge is 2.28. The summed E-state index contributed by atoms with van der Waals surface area (Å²) >= 11 is 0. The maximum Gasteiger partial charge on any atom is -0.00664 e. The molecular weight excluding hydrogens is 427 g/mol. The van der Waals surface area contributed by atoms with E-state index in [2.05, 4.69) is 109 Å². The van der Waals surface area contributed by atoms with E-state index in [0.717, 1.165) is 11.8 Å². The van der Waals surface area contributed by atoms with Gasteiger partial charge in [0.1, 0.15) is 0 Å². The second-order valence-electron chi connectivity index (χ2n) is 12.5. The van der Waals surface area contributed by atoms with Crippen molar-refractivity contribution in [2.45, 2.75) is 115 Å². The number of rotatable bonds is 9. The largest absolute Gasteiger partial charge is 0.0738 e. The number of hydrogen-bond acceptors (Lipinski definition) is 0. The smallest absolute Gasteiger partial charge is 0.00664 e. The normalized spacial score (nSPS) is 12.5. The van der Waals surface area contributed by atoms with E-state index < -0.39 is 0 Å². The van der Waals surface area contributed by atoms with E-state index in [1.807, 2.05) is 0 Å². The zero-order valence-corrected chi connectivity index (χ0v) is 25.8. The number of hydrogen-bond donors (Lipinski definition) is 0. The first-order valence-electron chi connectivity index (χ1n) is 13.7. The molecule has 0 radical (unpaired) electrons. The fourth-order valence-corrected chi connectivity index (χ4v) is 8.89. The van der Waals surface area contributed by atoms with Crippen LogP contribution in [0.5, 0.6) is 0 Å². The summed E-state index contributed by atoms with van der Waals surface area (Å²) in [4.78, 5) is 0. The van der Waals surface area contributed by atoms with Crippen LogP contribution in [-0.2, 0) is 0 Å². The molecular formula is C33H53P. The van der Waals surface area contributed by atoms with Crippen molar-refractivity contribution < 1.29 is 0 Å². The Balaban J connectivity index is 3.13. The first-order valence-corrected chi connectivity index (χ1v) is 15.4. The molecule has 0 bridgehead atoms. The zero-order chi connectivity index (χ0) is 26.1. The summed E-state index contributed by atoms with van der Waals surface area (Å²) in [5.74, 6) is 2.99. The molecule has 2 rings (SSSR count). The summed E-state index contributed by atoms with van der Waals surface area (Å²) < 4.78 is 0. The van der Waals surface area contributed by atoms with Gasteiger partial charge in [-0.1, -0.05) is 89.3 Å². The molecule has 34 heavy (non-hydrogen) atoms. The lowest BCUT2D eigenvalue weighted by atomic mass is 9.79. The maximum absolute atomic E-state index is 2.54. The van der Waals surface area contributed by atoms with E-state index in [-0.39, 0.29) is 7.92 Å². The Morgan fingerprint density at radius 3 is 1.29 bits per heavy atom. The van der Waals surface area contributed by atoms with Gasteiger partial charge in [0.15, 0.2) is 0 Å². The molecule has 0 heterocycles. The second kappa shape index (κ2) is 11.7. The SMILES string of the molecule is Cc1c(C)c(C)c(P(CC(C)C)CC(C)C)c(-c2c(C(C)C)cc(C(C)C)cc2C(C)C)c1C. The molecule has 2 aromatic rings. The summed E-state index contributed by atoms with van der Waals surface area (Å²) in [7, 11) is -0.228. The highest BCUT2D eigenvalue weighted by atomic mass is 31.1. The Morgan fingerprint density at radius 1 is 0.529 bits per heavy atom. The Bertz CT molecular complexity index is 949. The molecule has 0 N–H and O–H groups in total. The van der Waals surface area contributed by atoms with Gasteiger partial charge in [-0.05, 0) is 125 Å². The van der Waals surface area contributed by atoms with Crippen molar-refractivity contribution in [3.8, 4) is 11.1 Å². The average molecular weight is 481 g/mol. The van der Waals surface area contributed by atoms with Gasteiger partial charge in [0.25, 0.3) is 0 Å². The Morgan fingerprint density at radius 2 is 0.941 bits per heavy atom. The van der Waals surface area contributed by atoms with Gasteiger partial charge in [0.05, 0.1) is 0 Å². The van der Waals surface area contributed by atoms with Gasteiger partial charge in [0.2, 0.25) is 0 Å². The fourth-order valence-electron chi connectivity index (χ4n) is 5.38. The summed E-state index contributed by atoms with van der Waals surface area (Å²) in [6, 6.07) is 5.08. The van der Waals surface area contributed by atoms with Crippen molar-refractivity contribution in [2.75, 3.05) is 12.3 Å². The van der Waals surface area contributed by atoms with E-state index in [1.54, 1.807) is 33.1 Å². The molecule has 2 aromatic carbocycles. The van der Waals surface area contributed by atoms with Crippen LogP contribution in [0.2, 0.25) is 0 Å². The summed E-state index contributed by atoms with van der Waals surface area (Å²) in [6.45, 7) is 33.4. The van der Waals surface area contributed by atoms with E-state index in [4.69, 9.17) is 0 Å². The van der Waals surface area contributed by atoms with E-state index in [9.17, 15) is 0 Å². The molecule has 0 aliphatic heterocycles. The van der Waals surface area contributed by atoms with Crippen molar-refractivity contribution >= 4 is 13.2 Å². The third-order valence-corrected chi connectivity index (χ3v) is 11.1. The average Bonchev–Trinajstić information content (AvgIpc) is 2.72. The van der Waals surface area contributed by atoms with Crippen molar-refractivity contribution in [1.29, 1.82) is 0 Å². The molecule has 0 aliphatic rings. The molecule has 1 heteroatoms. The summed E-state index contributed by atoms with van der Waals surface area (Å²) in [6.07, 6.45) is 2.64. The molecule has 0 aromatic heterocycles. The Kier molecular flexibility index (Phi) is 10.0.